The van der Waals surface area contributed by atoms with Crippen molar-refractivity contribution in [1.82, 2.24) is 0 Å². The summed E-state index contributed by atoms with van der Waals surface area (Å²) in [7, 11) is 0. The van der Waals surface area contributed by atoms with Gasteiger partial charge in [0, 0.05) is 11.6 Å². The zero-order chi connectivity index (χ0) is 13.0. The Morgan fingerprint density at radius 3 is 2.33 bits per heavy atom. The van der Waals surface area contributed by atoms with Gasteiger partial charge in [-0.2, -0.15) is 0 Å². The fraction of sp³-hybridized carbons (Fsp3) is 0.143. The third kappa shape index (κ3) is 2.84. The van der Waals surface area contributed by atoms with E-state index in [1.54, 1.807) is 0 Å². The zero-order valence-corrected chi connectivity index (χ0v) is 9.57. The van der Waals surface area contributed by atoms with Gasteiger partial charge < -0.3 is 9.84 Å². The van der Waals surface area contributed by atoms with Gasteiger partial charge >= 0.3 is 0 Å². The van der Waals surface area contributed by atoms with Crippen molar-refractivity contribution in [1.29, 1.82) is 0 Å². The molecule has 2 rings (SSSR count). The van der Waals surface area contributed by atoms with Crippen molar-refractivity contribution < 1.29 is 18.6 Å². The molecule has 2 aromatic rings. The summed E-state index contributed by atoms with van der Waals surface area (Å²) in [5, 5.41) is 9.06. The summed E-state index contributed by atoms with van der Waals surface area (Å²) in [6.07, 6.45) is 0. The first-order valence-electron chi connectivity index (χ1n) is 5.46. The molecule has 0 atom stereocenters. The van der Waals surface area contributed by atoms with Gasteiger partial charge in [0.1, 0.15) is 12.4 Å². The molecule has 18 heavy (non-hydrogen) atoms. The summed E-state index contributed by atoms with van der Waals surface area (Å²) in [5.74, 6) is -1.83. The number of ether oxygens (including phenoxy) is 1. The van der Waals surface area contributed by atoms with E-state index in [0.717, 1.165) is 17.7 Å². The maximum absolute atomic E-state index is 13.1. The van der Waals surface area contributed by atoms with Crippen LogP contribution in [0.2, 0.25) is 0 Å². The number of hydrogen-bond donors (Lipinski definition) is 1. The van der Waals surface area contributed by atoms with Crippen LogP contribution in [-0.4, -0.2) is 5.11 Å². The Bertz CT molecular complexity index is 527. The Balaban J connectivity index is 2.16. The highest BCUT2D eigenvalue weighted by molar-refractivity contribution is 5.34. The predicted molar refractivity (Wildman–Crippen MR) is 63.1 cm³/mol. The molecular weight excluding hydrogens is 238 g/mol. The first-order chi connectivity index (χ1) is 8.70. The van der Waals surface area contributed by atoms with E-state index in [9.17, 15) is 8.78 Å². The number of rotatable bonds is 4. The highest BCUT2D eigenvalue weighted by Crippen LogP contribution is 2.23. The monoisotopic (exact) mass is 250 g/mol. The molecule has 0 unspecified atom stereocenters. The van der Waals surface area contributed by atoms with Crippen molar-refractivity contribution in [3.05, 3.63) is 65.2 Å². The maximum atomic E-state index is 13.1. The molecule has 0 fully saturated rings. The summed E-state index contributed by atoms with van der Waals surface area (Å²) in [6.45, 7) is -0.166. The lowest BCUT2D eigenvalue weighted by Crippen LogP contribution is -2.00. The smallest absolute Gasteiger partial charge is 0.162 e. The highest BCUT2D eigenvalue weighted by Gasteiger charge is 2.10. The molecule has 1 N–H and O–H groups in total. The molecule has 0 aliphatic heterocycles. The summed E-state index contributed by atoms with van der Waals surface area (Å²) in [6, 6.07) is 11.2. The van der Waals surface area contributed by atoms with Gasteiger partial charge in [-0.15, -0.1) is 0 Å². The molecular formula is C14H12F2O2. The van der Waals surface area contributed by atoms with E-state index in [0.29, 0.717) is 0 Å². The second-order valence-electron chi connectivity index (χ2n) is 3.81. The number of halogens is 2. The van der Waals surface area contributed by atoms with Crippen LogP contribution in [0.1, 0.15) is 11.1 Å². The molecule has 0 spiro atoms. The van der Waals surface area contributed by atoms with Crippen molar-refractivity contribution in [2.24, 2.45) is 0 Å². The van der Waals surface area contributed by atoms with E-state index in [-0.39, 0.29) is 17.9 Å². The molecule has 0 amide bonds. The van der Waals surface area contributed by atoms with Gasteiger partial charge in [-0.1, -0.05) is 30.3 Å². The molecule has 0 heterocycles. The highest BCUT2D eigenvalue weighted by atomic mass is 19.2. The van der Waals surface area contributed by atoms with Crippen molar-refractivity contribution in [3.8, 4) is 5.75 Å². The number of aliphatic hydroxyl groups is 1. The van der Waals surface area contributed by atoms with Crippen LogP contribution in [0.25, 0.3) is 0 Å². The minimum absolute atomic E-state index is 0.153. The van der Waals surface area contributed by atoms with Gasteiger partial charge in [0.15, 0.2) is 11.6 Å². The first kappa shape index (κ1) is 12.5. The fourth-order valence-electron chi connectivity index (χ4n) is 1.56. The van der Waals surface area contributed by atoms with E-state index in [1.807, 2.05) is 30.3 Å². The van der Waals surface area contributed by atoms with Crippen LogP contribution in [-0.2, 0) is 13.2 Å². The van der Waals surface area contributed by atoms with E-state index >= 15 is 0 Å². The SMILES string of the molecule is OCc1cc(F)c(F)cc1OCc1ccccc1. The lowest BCUT2D eigenvalue weighted by atomic mass is 10.2. The number of hydrogen-bond acceptors (Lipinski definition) is 2. The van der Waals surface area contributed by atoms with Crippen molar-refractivity contribution in [2.45, 2.75) is 13.2 Å². The molecule has 94 valence electrons. The van der Waals surface area contributed by atoms with E-state index in [2.05, 4.69) is 0 Å². The predicted octanol–water partition coefficient (Wildman–Crippen LogP) is 3.04. The van der Waals surface area contributed by atoms with Crippen LogP contribution in [0.15, 0.2) is 42.5 Å². The van der Waals surface area contributed by atoms with Crippen LogP contribution in [0.3, 0.4) is 0 Å². The number of benzene rings is 2. The lowest BCUT2D eigenvalue weighted by molar-refractivity contribution is 0.256. The summed E-state index contributed by atoms with van der Waals surface area (Å²) >= 11 is 0. The molecule has 0 saturated carbocycles. The maximum Gasteiger partial charge on any atom is 0.162 e. The fourth-order valence-corrected chi connectivity index (χ4v) is 1.56. The molecule has 0 radical (unpaired) electrons. The molecule has 0 aromatic heterocycles. The van der Waals surface area contributed by atoms with Gasteiger partial charge in [-0.25, -0.2) is 8.78 Å². The average Bonchev–Trinajstić information content (AvgIpc) is 2.41. The van der Waals surface area contributed by atoms with Gasteiger partial charge in [0.05, 0.1) is 6.61 Å². The number of aliphatic hydroxyl groups excluding tert-OH is 1. The Morgan fingerprint density at radius 2 is 1.67 bits per heavy atom. The van der Waals surface area contributed by atoms with Crippen molar-refractivity contribution >= 4 is 0 Å². The molecule has 0 bridgehead atoms. The summed E-state index contributed by atoms with van der Waals surface area (Å²) in [4.78, 5) is 0. The summed E-state index contributed by atoms with van der Waals surface area (Å²) < 4.78 is 31.4. The van der Waals surface area contributed by atoms with Gasteiger partial charge in [-0.3, -0.25) is 0 Å². The van der Waals surface area contributed by atoms with Gasteiger partial charge in [0.2, 0.25) is 0 Å². The third-order valence-electron chi connectivity index (χ3n) is 2.51. The van der Waals surface area contributed by atoms with Crippen LogP contribution in [0, 0.1) is 11.6 Å². The molecule has 0 aliphatic carbocycles. The van der Waals surface area contributed by atoms with Crippen LogP contribution in [0.4, 0.5) is 8.78 Å². The quantitative estimate of drug-likeness (QED) is 0.903. The Kier molecular flexibility index (Phi) is 3.89. The average molecular weight is 250 g/mol. The van der Waals surface area contributed by atoms with Crippen LogP contribution in [0.5, 0.6) is 5.75 Å². The van der Waals surface area contributed by atoms with Gasteiger partial charge in [0.25, 0.3) is 0 Å². The van der Waals surface area contributed by atoms with Crippen molar-refractivity contribution in [3.63, 3.8) is 0 Å². The molecule has 0 aliphatic rings. The molecule has 0 saturated heterocycles. The topological polar surface area (TPSA) is 29.5 Å². The second kappa shape index (κ2) is 5.60. The Morgan fingerprint density at radius 1 is 1.00 bits per heavy atom. The van der Waals surface area contributed by atoms with Gasteiger partial charge in [-0.05, 0) is 11.6 Å². The molecule has 2 aromatic carbocycles. The Labute approximate surface area is 103 Å². The standard InChI is InChI=1S/C14H12F2O2/c15-12-6-11(8-17)14(7-13(12)16)18-9-10-4-2-1-3-5-10/h1-7,17H,8-9H2. The summed E-state index contributed by atoms with van der Waals surface area (Å²) in [5.41, 5.74) is 1.14. The van der Waals surface area contributed by atoms with Crippen LogP contribution >= 0.6 is 0 Å². The molecule has 2 nitrogen and oxygen atoms in total. The van der Waals surface area contributed by atoms with Crippen LogP contribution < -0.4 is 4.74 Å². The van der Waals surface area contributed by atoms with Crippen molar-refractivity contribution in [2.75, 3.05) is 0 Å². The minimum Gasteiger partial charge on any atom is -0.488 e. The minimum atomic E-state index is -0.994. The zero-order valence-electron chi connectivity index (χ0n) is 9.57. The van der Waals surface area contributed by atoms with E-state index in [1.165, 1.54) is 0 Å². The second-order valence-corrected chi connectivity index (χ2v) is 3.81. The lowest BCUT2D eigenvalue weighted by Gasteiger charge is -2.10. The largest absolute Gasteiger partial charge is 0.488 e. The third-order valence-corrected chi connectivity index (χ3v) is 2.51. The first-order valence-corrected chi connectivity index (χ1v) is 5.46. The van der Waals surface area contributed by atoms with E-state index < -0.39 is 18.2 Å². The normalized spacial score (nSPS) is 10.4. The van der Waals surface area contributed by atoms with E-state index in [4.69, 9.17) is 9.84 Å². The molecule has 4 heteroatoms. The Hall–Kier alpha value is -1.94.